The molecule has 2 aromatic rings. The molecule has 0 saturated carbocycles. The predicted molar refractivity (Wildman–Crippen MR) is 120 cm³/mol. The minimum Gasteiger partial charge on any atom is -0.383 e. The number of halogens is 1. The van der Waals surface area contributed by atoms with E-state index in [0.29, 0.717) is 37.7 Å². The summed E-state index contributed by atoms with van der Waals surface area (Å²) in [5.74, 6) is -0.401. The minimum atomic E-state index is -0.393. The lowest BCUT2D eigenvalue weighted by molar-refractivity contribution is -0.384. The first-order valence-corrected chi connectivity index (χ1v) is 10.7. The van der Waals surface area contributed by atoms with E-state index in [1.165, 1.54) is 6.07 Å². The quantitative estimate of drug-likeness (QED) is 0.418. The maximum absolute atomic E-state index is 13.1. The van der Waals surface area contributed by atoms with E-state index in [9.17, 15) is 14.9 Å². The molecule has 1 amide bonds. The standard InChI is InChI=1S/C22H25ClN4O4/c1-31-11-8-24-22(28)17-13-15-12-16(27(29)30)6-7-19(15)26-10-9-25(14-21(17)26)20-5-3-2-4-18(20)23/h2-7,12,17,21H,8-11,13-14H2,1H3,(H,24,28). The van der Waals surface area contributed by atoms with Gasteiger partial charge in [0.1, 0.15) is 0 Å². The number of carbonyl (C=O) groups excluding carboxylic acids is 1. The van der Waals surface area contributed by atoms with Crippen LogP contribution in [-0.4, -0.2) is 56.8 Å². The number of non-ortho nitro benzene ring substituents is 1. The first-order chi connectivity index (χ1) is 15.0. The maximum Gasteiger partial charge on any atom is 0.269 e. The van der Waals surface area contributed by atoms with Crippen LogP contribution in [0.3, 0.4) is 0 Å². The second kappa shape index (κ2) is 9.11. The summed E-state index contributed by atoms with van der Waals surface area (Å²) in [6, 6.07) is 12.6. The third kappa shape index (κ3) is 4.31. The highest BCUT2D eigenvalue weighted by Crippen LogP contribution is 2.39. The van der Waals surface area contributed by atoms with Crippen molar-refractivity contribution in [2.45, 2.75) is 12.5 Å². The number of carbonyl (C=O) groups is 1. The van der Waals surface area contributed by atoms with Crippen LogP contribution in [-0.2, 0) is 16.0 Å². The molecule has 0 spiro atoms. The molecule has 31 heavy (non-hydrogen) atoms. The fourth-order valence-corrected chi connectivity index (χ4v) is 4.81. The van der Waals surface area contributed by atoms with Gasteiger partial charge in [-0.1, -0.05) is 23.7 Å². The monoisotopic (exact) mass is 444 g/mol. The van der Waals surface area contributed by atoms with Gasteiger partial charge in [-0.05, 0) is 30.2 Å². The smallest absolute Gasteiger partial charge is 0.269 e. The predicted octanol–water partition coefficient (Wildman–Crippen LogP) is 2.88. The lowest BCUT2D eigenvalue weighted by Crippen LogP contribution is -2.61. The Labute approximate surface area is 185 Å². The summed E-state index contributed by atoms with van der Waals surface area (Å²) in [6.07, 6.45) is 0.452. The van der Waals surface area contributed by atoms with Crippen LogP contribution in [0.25, 0.3) is 0 Å². The number of rotatable bonds is 6. The summed E-state index contributed by atoms with van der Waals surface area (Å²) in [4.78, 5) is 28.4. The molecule has 2 aliphatic heterocycles. The van der Waals surface area contributed by atoms with Gasteiger partial charge in [0.05, 0.1) is 34.2 Å². The number of nitro benzene ring substituents is 1. The maximum atomic E-state index is 13.1. The molecule has 1 N–H and O–H groups in total. The van der Waals surface area contributed by atoms with Crippen molar-refractivity contribution in [2.24, 2.45) is 5.92 Å². The van der Waals surface area contributed by atoms with Crippen LogP contribution < -0.4 is 15.1 Å². The molecule has 2 aliphatic rings. The molecule has 2 heterocycles. The average Bonchev–Trinajstić information content (AvgIpc) is 2.78. The number of para-hydroxylation sites is 1. The molecular formula is C22H25ClN4O4. The van der Waals surface area contributed by atoms with Crippen LogP contribution in [0.1, 0.15) is 5.56 Å². The molecule has 2 atom stereocenters. The largest absolute Gasteiger partial charge is 0.383 e. The average molecular weight is 445 g/mol. The zero-order chi connectivity index (χ0) is 22.0. The number of amides is 1. The molecule has 4 rings (SSSR count). The fourth-order valence-electron chi connectivity index (χ4n) is 4.56. The Morgan fingerprint density at radius 3 is 2.81 bits per heavy atom. The second-order valence-corrected chi connectivity index (χ2v) is 8.23. The number of hydrogen-bond acceptors (Lipinski definition) is 6. The molecular weight excluding hydrogens is 420 g/mol. The van der Waals surface area contributed by atoms with Gasteiger partial charge in [-0.15, -0.1) is 0 Å². The van der Waals surface area contributed by atoms with E-state index in [0.717, 1.165) is 23.5 Å². The number of hydrogen-bond donors (Lipinski definition) is 1. The molecule has 0 aliphatic carbocycles. The first kappa shape index (κ1) is 21.4. The summed E-state index contributed by atoms with van der Waals surface area (Å²) in [5, 5.41) is 14.9. The molecule has 2 unspecified atom stereocenters. The second-order valence-electron chi connectivity index (χ2n) is 7.82. The van der Waals surface area contributed by atoms with E-state index in [1.54, 1.807) is 13.2 Å². The topological polar surface area (TPSA) is 87.9 Å². The molecule has 1 saturated heterocycles. The molecule has 0 bridgehead atoms. The van der Waals surface area contributed by atoms with Gasteiger partial charge in [-0.25, -0.2) is 0 Å². The number of ether oxygens (including phenoxy) is 1. The van der Waals surface area contributed by atoms with Crippen LogP contribution in [0, 0.1) is 16.0 Å². The molecule has 2 aromatic carbocycles. The molecule has 0 radical (unpaired) electrons. The zero-order valence-electron chi connectivity index (χ0n) is 17.3. The Morgan fingerprint density at radius 1 is 1.26 bits per heavy atom. The Bertz CT molecular complexity index is 986. The van der Waals surface area contributed by atoms with Gasteiger partial charge in [-0.2, -0.15) is 0 Å². The lowest BCUT2D eigenvalue weighted by atomic mass is 9.83. The summed E-state index contributed by atoms with van der Waals surface area (Å²) < 4.78 is 5.05. The third-order valence-corrected chi connectivity index (χ3v) is 6.36. The normalized spacial score (nSPS) is 20.1. The number of methoxy groups -OCH3 is 1. The summed E-state index contributed by atoms with van der Waals surface area (Å²) in [5.41, 5.74) is 2.81. The van der Waals surface area contributed by atoms with Gasteiger partial charge >= 0.3 is 0 Å². The van der Waals surface area contributed by atoms with Crippen LogP contribution in [0.5, 0.6) is 0 Å². The molecule has 8 nitrogen and oxygen atoms in total. The van der Waals surface area contributed by atoms with Gasteiger partial charge in [0.15, 0.2) is 0 Å². The number of nitro groups is 1. The SMILES string of the molecule is COCCNC(=O)C1Cc2cc([N+](=O)[O-])ccc2N2CCN(c3ccccc3Cl)CC12. The van der Waals surface area contributed by atoms with Crippen molar-refractivity contribution >= 4 is 34.6 Å². The zero-order valence-corrected chi connectivity index (χ0v) is 18.0. The first-order valence-electron chi connectivity index (χ1n) is 10.3. The number of benzene rings is 2. The van der Waals surface area contributed by atoms with E-state index in [1.807, 2.05) is 30.3 Å². The highest BCUT2D eigenvalue weighted by Gasteiger charge is 2.42. The summed E-state index contributed by atoms with van der Waals surface area (Å²) in [7, 11) is 1.59. The van der Waals surface area contributed by atoms with Crippen molar-refractivity contribution in [1.82, 2.24) is 5.32 Å². The minimum absolute atomic E-state index is 0.0467. The van der Waals surface area contributed by atoms with Crippen molar-refractivity contribution < 1.29 is 14.5 Å². The number of piperazine rings is 1. The number of fused-ring (bicyclic) bond motifs is 3. The summed E-state index contributed by atoms with van der Waals surface area (Å²) >= 11 is 6.43. The van der Waals surface area contributed by atoms with Gasteiger partial charge in [0.2, 0.25) is 5.91 Å². The number of nitrogens with zero attached hydrogens (tertiary/aromatic N) is 3. The highest BCUT2D eigenvalue weighted by molar-refractivity contribution is 6.33. The summed E-state index contributed by atoms with van der Waals surface area (Å²) in [6.45, 7) is 2.94. The Hall–Kier alpha value is -2.84. The highest BCUT2D eigenvalue weighted by atomic mass is 35.5. The van der Waals surface area contributed by atoms with Crippen molar-refractivity contribution in [3.63, 3.8) is 0 Å². The lowest BCUT2D eigenvalue weighted by Gasteiger charge is -2.49. The van der Waals surface area contributed by atoms with Crippen molar-refractivity contribution in [1.29, 1.82) is 0 Å². The van der Waals surface area contributed by atoms with Gasteiger partial charge in [0.25, 0.3) is 5.69 Å². The van der Waals surface area contributed by atoms with E-state index in [-0.39, 0.29) is 23.6 Å². The van der Waals surface area contributed by atoms with E-state index in [2.05, 4.69) is 15.1 Å². The molecule has 164 valence electrons. The molecule has 1 fully saturated rings. The van der Waals surface area contributed by atoms with Gasteiger partial charge < -0.3 is 19.9 Å². The van der Waals surface area contributed by atoms with Crippen molar-refractivity contribution in [3.8, 4) is 0 Å². The van der Waals surface area contributed by atoms with Crippen LogP contribution >= 0.6 is 11.6 Å². The van der Waals surface area contributed by atoms with E-state index < -0.39 is 4.92 Å². The third-order valence-electron chi connectivity index (χ3n) is 6.04. The fraction of sp³-hybridized carbons (Fsp3) is 0.409. The Morgan fingerprint density at radius 2 is 2.06 bits per heavy atom. The van der Waals surface area contributed by atoms with E-state index in [4.69, 9.17) is 16.3 Å². The van der Waals surface area contributed by atoms with Crippen LogP contribution in [0.4, 0.5) is 17.1 Å². The van der Waals surface area contributed by atoms with Crippen LogP contribution in [0.2, 0.25) is 5.02 Å². The van der Waals surface area contributed by atoms with Gasteiger partial charge in [0, 0.05) is 51.1 Å². The number of nitrogens with one attached hydrogen (secondary N) is 1. The van der Waals surface area contributed by atoms with Gasteiger partial charge in [-0.3, -0.25) is 14.9 Å². The Kier molecular flexibility index (Phi) is 6.29. The van der Waals surface area contributed by atoms with Crippen LogP contribution in [0.15, 0.2) is 42.5 Å². The number of anilines is 2. The van der Waals surface area contributed by atoms with Crippen molar-refractivity contribution in [3.05, 3.63) is 63.2 Å². The van der Waals surface area contributed by atoms with E-state index >= 15 is 0 Å². The Balaban J connectivity index is 1.65. The molecule has 0 aromatic heterocycles. The molecule has 9 heteroatoms. The van der Waals surface area contributed by atoms with Crippen molar-refractivity contribution in [2.75, 3.05) is 49.7 Å².